The Morgan fingerprint density at radius 3 is 2.63 bits per heavy atom. The summed E-state index contributed by atoms with van der Waals surface area (Å²) in [5.74, 6) is -2.38. The van der Waals surface area contributed by atoms with Crippen LogP contribution in [0.4, 0.5) is 17.6 Å². The summed E-state index contributed by atoms with van der Waals surface area (Å²) < 4.78 is 51.3. The summed E-state index contributed by atoms with van der Waals surface area (Å²) in [6, 6.07) is 3.73. The molecular weight excluding hydrogens is 264 g/mol. The number of imidazole rings is 1. The topological polar surface area (TPSA) is 34.9 Å². The first-order chi connectivity index (χ1) is 8.82. The number of fused-ring (bicyclic) bond motifs is 1. The van der Waals surface area contributed by atoms with Crippen LogP contribution >= 0.6 is 0 Å². The van der Waals surface area contributed by atoms with Gasteiger partial charge in [-0.2, -0.15) is 13.2 Å². The van der Waals surface area contributed by atoms with Crippen molar-refractivity contribution in [1.29, 1.82) is 0 Å². The molecule has 1 aromatic carbocycles. The highest BCUT2D eigenvalue weighted by molar-refractivity contribution is 5.86. The van der Waals surface area contributed by atoms with Crippen molar-refractivity contribution in [3.05, 3.63) is 29.8 Å². The summed E-state index contributed by atoms with van der Waals surface area (Å²) in [5, 5.41) is 0. The van der Waals surface area contributed by atoms with E-state index in [2.05, 4.69) is 4.98 Å². The molecule has 0 saturated carbocycles. The Morgan fingerprint density at radius 2 is 2.05 bits per heavy atom. The molecule has 0 aliphatic rings. The molecular formula is C12H10F4N2O. The number of Topliss-reactive ketones (excluding diaryl/α,β-unsaturated/α-hetero) is 1. The van der Waals surface area contributed by atoms with Crippen LogP contribution in [0.2, 0.25) is 0 Å². The maximum absolute atomic E-state index is 13.1. The predicted octanol–water partition coefficient (Wildman–Crippen LogP) is 2.87. The molecule has 7 heteroatoms. The number of hydrogen-bond donors (Lipinski definition) is 0. The SMILES string of the molecule is CCn1c(CC(=O)C(F)(F)F)nc2ccc(F)cc21. The van der Waals surface area contributed by atoms with E-state index in [4.69, 9.17) is 0 Å². The summed E-state index contributed by atoms with van der Waals surface area (Å²) in [6.45, 7) is 1.99. The maximum atomic E-state index is 13.1. The van der Waals surface area contributed by atoms with Crippen molar-refractivity contribution in [2.75, 3.05) is 0 Å². The van der Waals surface area contributed by atoms with Gasteiger partial charge >= 0.3 is 6.18 Å². The normalized spacial score (nSPS) is 12.1. The van der Waals surface area contributed by atoms with Crippen molar-refractivity contribution in [2.45, 2.75) is 26.1 Å². The molecule has 0 bridgehead atoms. The average Bonchev–Trinajstić information content (AvgIpc) is 2.64. The number of benzene rings is 1. The Hall–Kier alpha value is -1.92. The summed E-state index contributed by atoms with van der Waals surface area (Å²) in [5.41, 5.74) is 0.751. The molecule has 2 rings (SSSR count). The van der Waals surface area contributed by atoms with E-state index in [1.54, 1.807) is 6.92 Å². The van der Waals surface area contributed by atoms with Crippen LogP contribution < -0.4 is 0 Å². The fourth-order valence-corrected chi connectivity index (χ4v) is 1.88. The first kappa shape index (κ1) is 13.5. The smallest absolute Gasteiger partial charge is 0.328 e. The van der Waals surface area contributed by atoms with E-state index < -0.39 is 24.2 Å². The lowest BCUT2D eigenvalue weighted by Crippen LogP contribution is -2.26. The Kier molecular flexibility index (Phi) is 3.30. The minimum atomic E-state index is -4.89. The second-order valence-corrected chi connectivity index (χ2v) is 4.00. The van der Waals surface area contributed by atoms with Crippen molar-refractivity contribution < 1.29 is 22.4 Å². The Bertz CT molecular complexity index is 630. The molecule has 102 valence electrons. The minimum Gasteiger partial charge on any atom is -0.328 e. The Labute approximate surface area is 105 Å². The largest absolute Gasteiger partial charge is 0.450 e. The van der Waals surface area contributed by atoms with Crippen LogP contribution in [0.25, 0.3) is 11.0 Å². The lowest BCUT2D eigenvalue weighted by atomic mass is 10.2. The van der Waals surface area contributed by atoms with E-state index in [1.807, 2.05) is 0 Å². The van der Waals surface area contributed by atoms with Gasteiger partial charge in [-0.25, -0.2) is 9.37 Å². The summed E-state index contributed by atoms with van der Waals surface area (Å²) in [4.78, 5) is 14.9. The zero-order chi connectivity index (χ0) is 14.2. The molecule has 3 nitrogen and oxygen atoms in total. The van der Waals surface area contributed by atoms with E-state index >= 15 is 0 Å². The zero-order valence-corrected chi connectivity index (χ0v) is 9.96. The van der Waals surface area contributed by atoms with Gasteiger partial charge in [0, 0.05) is 6.54 Å². The highest BCUT2D eigenvalue weighted by atomic mass is 19.4. The molecule has 0 saturated heterocycles. The first-order valence-corrected chi connectivity index (χ1v) is 5.57. The number of aromatic nitrogens is 2. The quantitative estimate of drug-likeness (QED) is 0.807. The van der Waals surface area contributed by atoms with Crippen LogP contribution in [-0.4, -0.2) is 21.5 Å². The number of ketones is 1. The van der Waals surface area contributed by atoms with Gasteiger partial charge in [0.1, 0.15) is 11.6 Å². The third-order valence-corrected chi connectivity index (χ3v) is 2.74. The van der Waals surface area contributed by atoms with Gasteiger partial charge in [-0.15, -0.1) is 0 Å². The number of hydrogen-bond acceptors (Lipinski definition) is 2. The molecule has 0 unspecified atom stereocenters. The third-order valence-electron chi connectivity index (χ3n) is 2.74. The number of rotatable bonds is 3. The average molecular weight is 274 g/mol. The van der Waals surface area contributed by atoms with Crippen LogP contribution in [-0.2, 0) is 17.8 Å². The minimum absolute atomic E-state index is 0.00887. The monoisotopic (exact) mass is 274 g/mol. The molecule has 0 N–H and O–H groups in total. The molecule has 1 aromatic heterocycles. The standard InChI is InChI=1S/C12H10F4N2O/c1-2-18-9-5-7(13)3-4-8(9)17-11(18)6-10(19)12(14,15)16/h3-5H,2,6H2,1H3. The van der Waals surface area contributed by atoms with E-state index in [9.17, 15) is 22.4 Å². The molecule has 0 radical (unpaired) electrons. The molecule has 0 amide bonds. The van der Waals surface area contributed by atoms with E-state index in [1.165, 1.54) is 22.8 Å². The third kappa shape index (κ3) is 2.59. The molecule has 0 atom stereocenters. The fraction of sp³-hybridized carbons (Fsp3) is 0.333. The number of nitrogens with zero attached hydrogens (tertiary/aromatic N) is 2. The second-order valence-electron chi connectivity index (χ2n) is 4.00. The van der Waals surface area contributed by atoms with E-state index in [0.29, 0.717) is 17.6 Å². The van der Waals surface area contributed by atoms with Crippen molar-refractivity contribution in [3.63, 3.8) is 0 Å². The van der Waals surface area contributed by atoms with Crippen molar-refractivity contribution in [1.82, 2.24) is 9.55 Å². The highest BCUT2D eigenvalue weighted by Gasteiger charge is 2.38. The lowest BCUT2D eigenvalue weighted by Gasteiger charge is -2.07. The first-order valence-electron chi connectivity index (χ1n) is 5.57. The van der Waals surface area contributed by atoms with Crippen molar-refractivity contribution in [3.8, 4) is 0 Å². The highest BCUT2D eigenvalue weighted by Crippen LogP contribution is 2.22. The number of alkyl halides is 3. The van der Waals surface area contributed by atoms with Gasteiger partial charge in [0.05, 0.1) is 17.5 Å². The molecule has 0 fully saturated rings. The number of carbonyl (C=O) groups is 1. The second kappa shape index (κ2) is 4.64. The van der Waals surface area contributed by atoms with Gasteiger partial charge in [0.15, 0.2) is 0 Å². The lowest BCUT2D eigenvalue weighted by molar-refractivity contribution is -0.170. The molecule has 0 aliphatic heterocycles. The predicted molar refractivity (Wildman–Crippen MR) is 60.1 cm³/mol. The van der Waals surface area contributed by atoms with Gasteiger partial charge in [-0.05, 0) is 25.1 Å². The molecule has 0 spiro atoms. The van der Waals surface area contributed by atoms with Crippen LogP contribution in [0, 0.1) is 5.82 Å². The number of aryl methyl sites for hydroxylation is 1. The van der Waals surface area contributed by atoms with Crippen LogP contribution in [0.3, 0.4) is 0 Å². The zero-order valence-electron chi connectivity index (χ0n) is 9.96. The molecule has 0 aliphatic carbocycles. The van der Waals surface area contributed by atoms with Crippen molar-refractivity contribution >= 4 is 16.8 Å². The van der Waals surface area contributed by atoms with Gasteiger partial charge < -0.3 is 4.57 Å². The van der Waals surface area contributed by atoms with E-state index in [0.717, 1.165) is 0 Å². The van der Waals surface area contributed by atoms with Gasteiger partial charge in [-0.1, -0.05) is 0 Å². The summed E-state index contributed by atoms with van der Waals surface area (Å²) >= 11 is 0. The Balaban J connectivity index is 2.46. The maximum Gasteiger partial charge on any atom is 0.450 e. The number of halogens is 4. The number of carbonyl (C=O) groups excluding carboxylic acids is 1. The van der Waals surface area contributed by atoms with Gasteiger partial charge in [0.25, 0.3) is 0 Å². The van der Waals surface area contributed by atoms with Crippen molar-refractivity contribution in [2.24, 2.45) is 0 Å². The molecule has 1 heterocycles. The fourth-order valence-electron chi connectivity index (χ4n) is 1.88. The van der Waals surface area contributed by atoms with Crippen LogP contribution in [0.15, 0.2) is 18.2 Å². The molecule has 19 heavy (non-hydrogen) atoms. The van der Waals surface area contributed by atoms with E-state index in [-0.39, 0.29) is 5.82 Å². The van der Waals surface area contributed by atoms with Crippen LogP contribution in [0.5, 0.6) is 0 Å². The molecule has 2 aromatic rings. The van der Waals surface area contributed by atoms with Gasteiger partial charge in [-0.3, -0.25) is 4.79 Å². The summed E-state index contributed by atoms with van der Waals surface area (Å²) in [7, 11) is 0. The van der Waals surface area contributed by atoms with Crippen LogP contribution in [0.1, 0.15) is 12.7 Å². The summed E-state index contributed by atoms with van der Waals surface area (Å²) in [6.07, 6.45) is -5.73. The van der Waals surface area contributed by atoms with Gasteiger partial charge in [0.2, 0.25) is 5.78 Å². The Morgan fingerprint density at radius 1 is 1.37 bits per heavy atom.